The van der Waals surface area contributed by atoms with E-state index >= 15 is 0 Å². The highest BCUT2D eigenvalue weighted by atomic mass is 19.4. The van der Waals surface area contributed by atoms with Crippen molar-refractivity contribution in [1.82, 2.24) is 19.8 Å². The molecule has 1 atom stereocenters. The highest BCUT2D eigenvalue weighted by Gasteiger charge is 2.31. The maximum atomic E-state index is 12.7. The van der Waals surface area contributed by atoms with Crippen LogP contribution in [0, 0.1) is 0 Å². The zero-order valence-electron chi connectivity index (χ0n) is 15.9. The van der Waals surface area contributed by atoms with Gasteiger partial charge in [-0.2, -0.15) is 13.2 Å². The summed E-state index contributed by atoms with van der Waals surface area (Å²) in [6, 6.07) is 4.53. The average molecular weight is 395 g/mol. The molecule has 0 aliphatic carbocycles. The molecule has 152 valence electrons. The standard InChI is InChI=1S/C19H24F3N5O/c1-14(23-2)12-25-6-5-15(13-25)18(28)27-9-7-26(8-10-27)17-4-3-16(11-24-17)19(20,21)22/h3-6,11,13-14,23H,7-10,12H2,1-2H3/t14-/m0/s1. The first kappa shape index (κ1) is 20.2. The van der Waals surface area contributed by atoms with Gasteiger partial charge in [-0.25, -0.2) is 4.98 Å². The van der Waals surface area contributed by atoms with Crippen LogP contribution in [-0.2, 0) is 12.7 Å². The van der Waals surface area contributed by atoms with Crippen LogP contribution in [0.2, 0.25) is 0 Å². The Hall–Kier alpha value is -2.55. The Bertz CT molecular complexity index is 795. The molecule has 3 rings (SSSR count). The van der Waals surface area contributed by atoms with Crippen molar-refractivity contribution < 1.29 is 18.0 Å². The topological polar surface area (TPSA) is 53.4 Å². The molecule has 0 spiro atoms. The second-order valence-corrected chi connectivity index (χ2v) is 6.97. The highest BCUT2D eigenvalue weighted by Crippen LogP contribution is 2.29. The van der Waals surface area contributed by atoms with Gasteiger partial charge in [0.15, 0.2) is 0 Å². The number of hydrogen-bond acceptors (Lipinski definition) is 4. The van der Waals surface area contributed by atoms with E-state index in [1.807, 2.05) is 35.0 Å². The van der Waals surface area contributed by atoms with Crippen LogP contribution in [0.4, 0.5) is 19.0 Å². The third-order valence-corrected chi connectivity index (χ3v) is 4.94. The first-order chi connectivity index (χ1) is 13.3. The van der Waals surface area contributed by atoms with Gasteiger partial charge in [0, 0.05) is 57.4 Å². The zero-order chi connectivity index (χ0) is 20.3. The zero-order valence-corrected chi connectivity index (χ0v) is 15.9. The Kier molecular flexibility index (Phi) is 5.93. The number of hydrogen-bond donors (Lipinski definition) is 1. The molecule has 9 heteroatoms. The number of halogens is 3. The van der Waals surface area contributed by atoms with E-state index in [1.54, 1.807) is 4.90 Å². The van der Waals surface area contributed by atoms with Crippen molar-refractivity contribution in [2.24, 2.45) is 0 Å². The minimum Gasteiger partial charge on any atom is -0.353 e. The maximum absolute atomic E-state index is 12.7. The molecular formula is C19H24F3N5O. The second-order valence-electron chi connectivity index (χ2n) is 6.97. The van der Waals surface area contributed by atoms with Crippen molar-refractivity contribution in [3.63, 3.8) is 0 Å². The second kappa shape index (κ2) is 8.22. The van der Waals surface area contributed by atoms with Gasteiger partial charge in [-0.15, -0.1) is 0 Å². The van der Waals surface area contributed by atoms with Gasteiger partial charge < -0.3 is 19.7 Å². The van der Waals surface area contributed by atoms with E-state index in [2.05, 4.69) is 17.2 Å². The summed E-state index contributed by atoms with van der Waals surface area (Å²) < 4.78 is 39.9. The normalized spacial score (nSPS) is 16.3. The number of nitrogens with zero attached hydrogens (tertiary/aromatic N) is 4. The van der Waals surface area contributed by atoms with E-state index < -0.39 is 11.7 Å². The van der Waals surface area contributed by atoms with Gasteiger partial charge in [0.2, 0.25) is 0 Å². The predicted octanol–water partition coefficient (Wildman–Crippen LogP) is 2.47. The molecule has 3 heterocycles. The number of pyridine rings is 1. The monoisotopic (exact) mass is 395 g/mol. The fourth-order valence-corrected chi connectivity index (χ4v) is 3.15. The molecule has 28 heavy (non-hydrogen) atoms. The van der Waals surface area contributed by atoms with Gasteiger partial charge in [-0.3, -0.25) is 4.79 Å². The molecule has 0 radical (unpaired) electrons. The van der Waals surface area contributed by atoms with Crippen LogP contribution in [0.1, 0.15) is 22.8 Å². The average Bonchev–Trinajstić information content (AvgIpc) is 3.15. The van der Waals surface area contributed by atoms with Crippen LogP contribution in [0.3, 0.4) is 0 Å². The third-order valence-electron chi connectivity index (χ3n) is 4.94. The first-order valence-corrected chi connectivity index (χ1v) is 9.18. The predicted molar refractivity (Wildman–Crippen MR) is 100 cm³/mol. The van der Waals surface area contributed by atoms with Crippen molar-refractivity contribution in [3.8, 4) is 0 Å². The van der Waals surface area contributed by atoms with Crippen molar-refractivity contribution in [2.45, 2.75) is 25.7 Å². The number of carbonyl (C=O) groups excluding carboxylic acids is 1. The number of anilines is 1. The minimum absolute atomic E-state index is 0.0316. The van der Waals surface area contributed by atoms with Gasteiger partial charge >= 0.3 is 6.18 Å². The summed E-state index contributed by atoms with van der Waals surface area (Å²) in [4.78, 5) is 20.3. The summed E-state index contributed by atoms with van der Waals surface area (Å²) in [5, 5.41) is 3.16. The van der Waals surface area contributed by atoms with E-state index in [0.29, 0.717) is 43.6 Å². The van der Waals surface area contributed by atoms with Crippen LogP contribution < -0.4 is 10.2 Å². The van der Waals surface area contributed by atoms with E-state index in [4.69, 9.17) is 0 Å². The molecule has 1 aliphatic heterocycles. The number of aromatic nitrogens is 2. The van der Waals surface area contributed by atoms with E-state index in [-0.39, 0.29) is 5.91 Å². The summed E-state index contributed by atoms with van der Waals surface area (Å²) in [5.74, 6) is 0.461. The van der Waals surface area contributed by atoms with Crippen LogP contribution >= 0.6 is 0 Å². The number of alkyl halides is 3. The number of nitrogens with one attached hydrogen (secondary N) is 1. The molecule has 0 unspecified atom stereocenters. The Morgan fingerprint density at radius 3 is 2.50 bits per heavy atom. The molecule has 1 amide bonds. The van der Waals surface area contributed by atoms with Gasteiger partial charge in [-0.05, 0) is 32.2 Å². The molecular weight excluding hydrogens is 371 g/mol. The van der Waals surface area contributed by atoms with Crippen LogP contribution in [0.15, 0.2) is 36.8 Å². The molecule has 1 fully saturated rings. The van der Waals surface area contributed by atoms with Gasteiger partial charge in [0.1, 0.15) is 5.82 Å². The quantitative estimate of drug-likeness (QED) is 0.845. The smallest absolute Gasteiger partial charge is 0.353 e. The van der Waals surface area contributed by atoms with Gasteiger partial charge in [-0.1, -0.05) is 0 Å². The van der Waals surface area contributed by atoms with Crippen molar-refractivity contribution >= 4 is 11.7 Å². The molecule has 0 bridgehead atoms. The van der Waals surface area contributed by atoms with Crippen molar-refractivity contribution in [3.05, 3.63) is 47.9 Å². The Morgan fingerprint density at radius 1 is 1.21 bits per heavy atom. The number of carbonyl (C=O) groups is 1. The SMILES string of the molecule is CN[C@@H](C)Cn1ccc(C(=O)N2CCN(c3ccc(C(F)(F)F)cn3)CC2)c1. The number of rotatable bonds is 5. The summed E-state index contributed by atoms with van der Waals surface area (Å²) in [5.41, 5.74) is -0.119. The largest absolute Gasteiger partial charge is 0.417 e. The van der Waals surface area contributed by atoms with Crippen molar-refractivity contribution in [2.75, 3.05) is 38.1 Å². The summed E-state index contributed by atoms with van der Waals surface area (Å²) in [6.45, 7) is 4.90. The summed E-state index contributed by atoms with van der Waals surface area (Å²) in [7, 11) is 1.89. The molecule has 1 aliphatic rings. The number of likely N-dealkylation sites (N-methyl/N-ethyl adjacent to an activating group) is 1. The van der Waals surface area contributed by atoms with Crippen LogP contribution in [0.25, 0.3) is 0 Å². The van der Waals surface area contributed by atoms with Gasteiger partial charge in [0.05, 0.1) is 11.1 Å². The highest BCUT2D eigenvalue weighted by molar-refractivity contribution is 5.94. The van der Waals surface area contributed by atoms with E-state index in [0.717, 1.165) is 18.8 Å². The lowest BCUT2D eigenvalue weighted by Gasteiger charge is -2.35. The van der Waals surface area contributed by atoms with E-state index in [1.165, 1.54) is 6.07 Å². The van der Waals surface area contributed by atoms with Crippen molar-refractivity contribution in [1.29, 1.82) is 0 Å². The molecule has 6 nitrogen and oxygen atoms in total. The maximum Gasteiger partial charge on any atom is 0.417 e. The van der Waals surface area contributed by atoms with Crippen LogP contribution in [0.5, 0.6) is 0 Å². The molecule has 1 N–H and O–H groups in total. The lowest BCUT2D eigenvalue weighted by Crippen LogP contribution is -2.49. The fraction of sp³-hybridized carbons (Fsp3) is 0.474. The lowest BCUT2D eigenvalue weighted by molar-refractivity contribution is -0.137. The Labute approximate surface area is 161 Å². The van der Waals surface area contributed by atoms with E-state index in [9.17, 15) is 18.0 Å². The summed E-state index contributed by atoms with van der Waals surface area (Å²) in [6.07, 6.45) is 0.198. The fourth-order valence-electron chi connectivity index (χ4n) is 3.15. The Morgan fingerprint density at radius 2 is 1.93 bits per heavy atom. The summed E-state index contributed by atoms with van der Waals surface area (Å²) >= 11 is 0. The molecule has 1 saturated heterocycles. The van der Waals surface area contributed by atoms with Crippen LogP contribution in [-0.4, -0.2) is 59.6 Å². The Balaban J connectivity index is 1.57. The number of piperazine rings is 1. The number of amides is 1. The van der Waals surface area contributed by atoms with Gasteiger partial charge in [0.25, 0.3) is 5.91 Å². The third kappa shape index (κ3) is 4.64. The molecule has 2 aromatic heterocycles. The molecule has 0 aromatic carbocycles. The molecule has 2 aromatic rings. The minimum atomic E-state index is -4.39. The molecule has 0 saturated carbocycles. The lowest BCUT2D eigenvalue weighted by atomic mass is 10.2. The first-order valence-electron chi connectivity index (χ1n) is 9.18.